The van der Waals surface area contributed by atoms with Crippen molar-refractivity contribution in [2.75, 3.05) is 26.9 Å². The van der Waals surface area contributed by atoms with Crippen molar-refractivity contribution in [1.29, 1.82) is 0 Å². The lowest BCUT2D eigenvalue weighted by Gasteiger charge is -2.07. The van der Waals surface area contributed by atoms with E-state index in [4.69, 9.17) is 9.47 Å². The van der Waals surface area contributed by atoms with Crippen LogP contribution < -0.4 is 10.1 Å². The highest BCUT2D eigenvalue weighted by Gasteiger charge is 2.18. The normalized spacial score (nSPS) is 10.8. The van der Waals surface area contributed by atoms with Gasteiger partial charge in [0.05, 0.1) is 12.3 Å². The summed E-state index contributed by atoms with van der Waals surface area (Å²) in [7, 11) is 1.64. The minimum Gasteiger partial charge on any atom is -0.490 e. The highest BCUT2D eigenvalue weighted by atomic mass is 16.5. The van der Waals surface area contributed by atoms with E-state index in [1.807, 2.05) is 32.2 Å². The molecule has 0 aromatic carbocycles. The number of carbonyl (C=O) groups is 1. The van der Waals surface area contributed by atoms with Crippen LogP contribution in [0.4, 0.5) is 0 Å². The molecule has 0 spiro atoms. The molecular weight excluding hydrogens is 270 g/mol. The summed E-state index contributed by atoms with van der Waals surface area (Å²) in [6, 6.07) is 3.70. The zero-order valence-electron chi connectivity index (χ0n) is 12.7. The predicted molar refractivity (Wildman–Crippen MR) is 79.9 cm³/mol. The van der Waals surface area contributed by atoms with Gasteiger partial charge in [0.15, 0.2) is 11.4 Å². The first kappa shape index (κ1) is 15.3. The Morgan fingerprint density at radius 1 is 1.48 bits per heavy atom. The fourth-order valence-electron chi connectivity index (χ4n) is 2.20. The second-order valence-corrected chi connectivity index (χ2v) is 4.65. The monoisotopic (exact) mass is 291 g/mol. The van der Waals surface area contributed by atoms with Gasteiger partial charge >= 0.3 is 0 Å². The molecule has 0 radical (unpaired) electrons. The summed E-state index contributed by atoms with van der Waals surface area (Å²) in [6.45, 7) is 5.51. The molecule has 2 rings (SSSR count). The van der Waals surface area contributed by atoms with Gasteiger partial charge in [-0.25, -0.2) is 4.98 Å². The molecule has 2 aromatic rings. The number of nitrogens with one attached hydrogen (secondary N) is 1. The number of aryl methyl sites for hydroxylation is 1. The molecule has 1 N–H and O–H groups in total. The molecule has 0 bridgehead atoms. The molecule has 0 unspecified atom stereocenters. The lowest BCUT2D eigenvalue weighted by molar-refractivity contribution is 0.0942. The maximum Gasteiger partial charge on any atom is 0.270 e. The Balaban J connectivity index is 2.25. The Morgan fingerprint density at radius 2 is 2.29 bits per heavy atom. The van der Waals surface area contributed by atoms with Crippen molar-refractivity contribution in [2.45, 2.75) is 20.3 Å². The molecule has 2 aromatic heterocycles. The van der Waals surface area contributed by atoms with E-state index < -0.39 is 0 Å². The van der Waals surface area contributed by atoms with Gasteiger partial charge in [-0.15, -0.1) is 0 Å². The maximum atomic E-state index is 12.3. The van der Waals surface area contributed by atoms with Crippen LogP contribution in [0.15, 0.2) is 18.3 Å². The Bertz CT molecular complexity index is 622. The van der Waals surface area contributed by atoms with Gasteiger partial charge in [-0.2, -0.15) is 0 Å². The molecule has 0 saturated heterocycles. The number of aromatic nitrogens is 2. The number of fused-ring (bicyclic) bond motifs is 1. The molecule has 6 heteroatoms. The van der Waals surface area contributed by atoms with Crippen molar-refractivity contribution in [3.05, 3.63) is 29.7 Å². The van der Waals surface area contributed by atoms with Crippen LogP contribution in [0.3, 0.4) is 0 Å². The van der Waals surface area contributed by atoms with E-state index in [1.54, 1.807) is 11.5 Å². The molecule has 114 valence electrons. The first-order valence-corrected chi connectivity index (χ1v) is 7.06. The topological polar surface area (TPSA) is 64.9 Å². The summed E-state index contributed by atoms with van der Waals surface area (Å²) in [5, 5.41) is 2.88. The Morgan fingerprint density at radius 3 is 3.00 bits per heavy atom. The summed E-state index contributed by atoms with van der Waals surface area (Å²) in [5.74, 6) is 0.547. The van der Waals surface area contributed by atoms with Crippen LogP contribution in [0, 0.1) is 6.92 Å². The highest BCUT2D eigenvalue weighted by Crippen LogP contribution is 2.21. The molecule has 1 amide bonds. The van der Waals surface area contributed by atoms with E-state index in [0.29, 0.717) is 42.5 Å². The molecule has 2 heterocycles. The van der Waals surface area contributed by atoms with Crippen molar-refractivity contribution in [2.24, 2.45) is 0 Å². The predicted octanol–water partition coefficient (Wildman–Crippen LogP) is 1.81. The number of methoxy groups -OCH3 is 1. The maximum absolute atomic E-state index is 12.3. The van der Waals surface area contributed by atoms with Crippen molar-refractivity contribution >= 4 is 11.6 Å². The van der Waals surface area contributed by atoms with Crippen molar-refractivity contribution in [3.63, 3.8) is 0 Å². The smallest absolute Gasteiger partial charge is 0.270 e. The summed E-state index contributed by atoms with van der Waals surface area (Å²) in [6.07, 6.45) is 2.60. The van der Waals surface area contributed by atoms with Crippen molar-refractivity contribution in [1.82, 2.24) is 14.7 Å². The minimum atomic E-state index is -0.134. The Kier molecular flexibility index (Phi) is 5.16. The van der Waals surface area contributed by atoms with Gasteiger partial charge in [0.2, 0.25) is 0 Å². The standard InChI is InChI=1S/C15H21N3O3/c1-4-21-12-7-5-9-18-13(11(2)17-14(12)18)15(19)16-8-6-10-20-3/h5,7,9H,4,6,8,10H2,1-3H3,(H,16,19). The number of pyridine rings is 1. The number of nitrogens with zero attached hydrogens (tertiary/aromatic N) is 2. The number of hydrogen-bond donors (Lipinski definition) is 1. The van der Waals surface area contributed by atoms with Crippen LogP contribution in [0.5, 0.6) is 5.75 Å². The molecule has 6 nitrogen and oxygen atoms in total. The van der Waals surface area contributed by atoms with Gasteiger partial charge in [-0.3, -0.25) is 9.20 Å². The second kappa shape index (κ2) is 7.08. The van der Waals surface area contributed by atoms with E-state index in [0.717, 1.165) is 6.42 Å². The highest BCUT2D eigenvalue weighted by molar-refractivity contribution is 5.94. The van der Waals surface area contributed by atoms with Crippen LogP contribution in [0.2, 0.25) is 0 Å². The summed E-state index contributed by atoms with van der Waals surface area (Å²) in [5.41, 5.74) is 1.90. The van der Waals surface area contributed by atoms with Crippen molar-refractivity contribution in [3.8, 4) is 5.75 Å². The Labute approximate surface area is 124 Å². The molecule has 0 saturated carbocycles. The zero-order chi connectivity index (χ0) is 15.2. The average Bonchev–Trinajstić information content (AvgIpc) is 2.81. The zero-order valence-corrected chi connectivity index (χ0v) is 12.7. The van der Waals surface area contributed by atoms with Crippen LogP contribution >= 0.6 is 0 Å². The number of amides is 1. The summed E-state index contributed by atoms with van der Waals surface area (Å²) in [4.78, 5) is 16.8. The number of hydrogen-bond acceptors (Lipinski definition) is 4. The largest absolute Gasteiger partial charge is 0.490 e. The number of imidazole rings is 1. The van der Waals surface area contributed by atoms with Crippen LogP contribution in [-0.4, -0.2) is 42.2 Å². The fourth-order valence-corrected chi connectivity index (χ4v) is 2.20. The fraction of sp³-hybridized carbons (Fsp3) is 0.467. The molecule has 0 aliphatic heterocycles. The number of carbonyl (C=O) groups excluding carboxylic acids is 1. The molecule has 21 heavy (non-hydrogen) atoms. The molecule has 0 fully saturated rings. The van der Waals surface area contributed by atoms with Gasteiger partial charge in [-0.05, 0) is 32.4 Å². The minimum absolute atomic E-state index is 0.134. The van der Waals surface area contributed by atoms with Gasteiger partial charge < -0.3 is 14.8 Å². The first-order valence-electron chi connectivity index (χ1n) is 7.06. The lowest BCUT2D eigenvalue weighted by Crippen LogP contribution is -2.27. The lowest BCUT2D eigenvalue weighted by atomic mass is 10.3. The number of rotatable bonds is 7. The Hall–Kier alpha value is -2.08. The van der Waals surface area contributed by atoms with E-state index in [-0.39, 0.29) is 5.91 Å². The SMILES string of the molecule is CCOc1cccn2c(C(=O)NCCCOC)c(C)nc12. The first-order chi connectivity index (χ1) is 10.2. The second-order valence-electron chi connectivity index (χ2n) is 4.65. The van der Waals surface area contributed by atoms with Crippen LogP contribution in [0.1, 0.15) is 29.5 Å². The van der Waals surface area contributed by atoms with Gasteiger partial charge in [0, 0.05) is 26.5 Å². The quantitative estimate of drug-likeness (QED) is 0.790. The van der Waals surface area contributed by atoms with E-state index in [9.17, 15) is 4.79 Å². The number of ether oxygens (including phenoxy) is 2. The summed E-state index contributed by atoms with van der Waals surface area (Å²) >= 11 is 0. The van der Waals surface area contributed by atoms with Gasteiger partial charge in [0.25, 0.3) is 5.91 Å². The third-order valence-electron chi connectivity index (χ3n) is 3.11. The molecule has 0 aliphatic carbocycles. The average molecular weight is 291 g/mol. The van der Waals surface area contributed by atoms with Crippen molar-refractivity contribution < 1.29 is 14.3 Å². The molecule has 0 atom stereocenters. The van der Waals surface area contributed by atoms with E-state index in [2.05, 4.69) is 10.3 Å². The molecular formula is C15H21N3O3. The third kappa shape index (κ3) is 3.33. The van der Waals surface area contributed by atoms with E-state index in [1.165, 1.54) is 0 Å². The summed E-state index contributed by atoms with van der Waals surface area (Å²) < 4.78 is 12.3. The van der Waals surface area contributed by atoms with Gasteiger partial charge in [0.1, 0.15) is 5.69 Å². The molecule has 0 aliphatic rings. The third-order valence-corrected chi connectivity index (χ3v) is 3.11. The van der Waals surface area contributed by atoms with Crippen LogP contribution in [0.25, 0.3) is 5.65 Å². The van der Waals surface area contributed by atoms with Gasteiger partial charge in [-0.1, -0.05) is 0 Å². The van der Waals surface area contributed by atoms with E-state index >= 15 is 0 Å². The van der Waals surface area contributed by atoms with Crippen LogP contribution in [-0.2, 0) is 4.74 Å².